The van der Waals surface area contributed by atoms with E-state index in [-0.39, 0.29) is 18.0 Å². The van der Waals surface area contributed by atoms with Crippen LogP contribution in [0.5, 0.6) is 0 Å². The van der Waals surface area contributed by atoms with Gasteiger partial charge in [-0.3, -0.25) is 9.69 Å². The molecule has 1 saturated heterocycles. The summed E-state index contributed by atoms with van der Waals surface area (Å²) >= 11 is 0. The number of carbonyl (C=O) groups is 2. The third kappa shape index (κ3) is 5.85. The first-order valence-corrected chi connectivity index (χ1v) is 8.61. The maximum Gasteiger partial charge on any atom is 0.317 e. The zero-order chi connectivity index (χ0) is 17.4. The summed E-state index contributed by atoms with van der Waals surface area (Å²) in [5.74, 6) is -0.0375. The lowest BCUT2D eigenvalue weighted by Crippen LogP contribution is -2.56. The van der Waals surface area contributed by atoms with Gasteiger partial charge < -0.3 is 15.5 Å². The van der Waals surface area contributed by atoms with Crippen LogP contribution >= 0.6 is 0 Å². The molecule has 3 amide bonds. The van der Waals surface area contributed by atoms with E-state index in [9.17, 15) is 9.59 Å². The van der Waals surface area contributed by atoms with Crippen molar-refractivity contribution in [1.82, 2.24) is 20.4 Å². The summed E-state index contributed by atoms with van der Waals surface area (Å²) in [6.07, 6.45) is 0.744. The summed E-state index contributed by atoms with van der Waals surface area (Å²) in [6, 6.07) is 10.6. The highest BCUT2D eigenvalue weighted by Crippen LogP contribution is 2.13. The van der Waals surface area contributed by atoms with Crippen LogP contribution in [0.4, 0.5) is 4.79 Å². The van der Waals surface area contributed by atoms with E-state index in [0.29, 0.717) is 13.1 Å². The number of nitrogens with zero attached hydrogens (tertiary/aromatic N) is 2. The summed E-state index contributed by atoms with van der Waals surface area (Å²) < 4.78 is 0. The van der Waals surface area contributed by atoms with Crippen LogP contribution in [0.2, 0.25) is 0 Å². The Balaban J connectivity index is 1.70. The minimum absolute atomic E-state index is 0.00955. The van der Waals surface area contributed by atoms with Crippen LogP contribution in [0.1, 0.15) is 25.8 Å². The zero-order valence-corrected chi connectivity index (χ0v) is 14.6. The lowest BCUT2D eigenvalue weighted by atomic mass is 10.1. The van der Waals surface area contributed by atoms with Crippen LogP contribution in [0.15, 0.2) is 30.3 Å². The average molecular weight is 332 g/mol. The fourth-order valence-corrected chi connectivity index (χ4v) is 2.97. The van der Waals surface area contributed by atoms with E-state index in [1.165, 1.54) is 12.5 Å². The van der Waals surface area contributed by atoms with Crippen LogP contribution < -0.4 is 10.6 Å². The number of urea groups is 1. The van der Waals surface area contributed by atoms with Gasteiger partial charge in [-0.05, 0) is 18.9 Å². The first-order chi connectivity index (χ1) is 11.6. The Kier molecular flexibility index (Phi) is 7.06. The molecule has 1 aliphatic rings. The van der Waals surface area contributed by atoms with E-state index < -0.39 is 0 Å². The zero-order valence-electron chi connectivity index (χ0n) is 14.6. The highest BCUT2D eigenvalue weighted by atomic mass is 16.2. The van der Waals surface area contributed by atoms with E-state index in [1.807, 2.05) is 11.0 Å². The molecule has 1 aliphatic heterocycles. The highest BCUT2D eigenvalue weighted by molar-refractivity contribution is 5.74. The molecular weight excluding hydrogens is 304 g/mol. The van der Waals surface area contributed by atoms with E-state index in [2.05, 4.69) is 46.7 Å². The van der Waals surface area contributed by atoms with Gasteiger partial charge in [-0.15, -0.1) is 0 Å². The molecule has 0 aromatic heterocycles. The molecule has 0 radical (unpaired) electrons. The van der Waals surface area contributed by atoms with Crippen LogP contribution in [-0.2, 0) is 11.3 Å². The molecule has 24 heavy (non-hydrogen) atoms. The van der Waals surface area contributed by atoms with Crippen molar-refractivity contribution in [2.45, 2.75) is 32.9 Å². The molecule has 0 spiro atoms. The quantitative estimate of drug-likeness (QED) is 0.775. The molecule has 1 fully saturated rings. The summed E-state index contributed by atoms with van der Waals surface area (Å²) in [5, 5.41) is 5.66. The summed E-state index contributed by atoms with van der Waals surface area (Å²) in [5.41, 5.74) is 1.31. The van der Waals surface area contributed by atoms with E-state index >= 15 is 0 Å². The number of nitrogens with one attached hydrogen (secondary N) is 2. The van der Waals surface area contributed by atoms with Gasteiger partial charge in [-0.2, -0.15) is 0 Å². The Hall–Kier alpha value is -2.08. The summed E-state index contributed by atoms with van der Waals surface area (Å²) in [7, 11) is 0. The average Bonchev–Trinajstić information content (AvgIpc) is 2.55. The Bertz CT molecular complexity index is 535. The maximum atomic E-state index is 12.3. The van der Waals surface area contributed by atoms with Gasteiger partial charge in [-0.1, -0.05) is 30.3 Å². The van der Waals surface area contributed by atoms with Crippen molar-refractivity contribution >= 4 is 11.9 Å². The Labute approximate surface area is 144 Å². The second-order valence-corrected chi connectivity index (χ2v) is 6.33. The summed E-state index contributed by atoms with van der Waals surface area (Å²) in [6.45, 7) is 8.20. The normalized spacial score (nSPS) is 18.2. The van der Waals surface area contributed by atoms with Crippen molar-refractivity contribution in [3.8, 4) is 0 Å². The number of piperazine rings is 1. The molecule has 1 aromatic carbocycles. The SMILES string of the molecule is CC(=O)NCCCNC(=O)N1CCN(Cc2ccccc2)C[C@H]1C. The van der Waals surface area contributed by atoms with Crippen molar-refractivity contribution in [1.29, 1.82) is 0 Å². The summed E-state index contributed by atoms with van der Waals surface area (Å²) in [4.78, 5) is 27.4. The molecule has 0 unspecified atom stereocenters. The van der Waals surface area contributed by atoms with E-state index in [4.69, 9.17) is 0 Å². The predicted octanol–water partition coefficient (Wildman–Crippen LogP) is 1.43. The van der Waals surface area contributed by atoms with Crippen LogP contribution in [-0.4, -0.2) is 60.5 Å². The van der Waals surface area contributed by atoms with Gasteiger partial charge in [0.15, 0.2) is 0 Å². The smallest absolute Gasteiger partial charge is 0.317 e. The molecule has 2 rings (SSSR count). The van der Waals surface area contributed by atoms with Gasteiger partial charge in [0.25, 0.3) is 0 Å². The van der Waals surface area contributed by atoms with Gasteiger partial charge in [0, 0.05) is 52.2 Å². The van der Waals surface area contributed by atoms with Gasteiger partial charge >= 0.3 is 6.03 Å². The molecular formula is C18H28N4O2. The van der Waals surface area contributed by atoms with Gasteiger partial charge in [0.2, 0.25) is 5.91 Å². The molecule has 1 aromatic rings. The maximum absolute atomic E-state index is 12.3. The molecule has 1 heterocycles. The third-order valence-corrected chi connectivity index (χ3v) is 4.23. The largest absolute Gasteiger partial charge is 0.356 e. The Morgan fingerprint density at radius 1 is 1.12 bits per heavy atom. The minimum Gasteiger partial charge on any atom is -0.356 e. The monoisotopic (exact) mass is 332 g/mol. The van der Waals surface area contributed by atoms with Crippen LogP contribution in [0, 0.1) is 0 Å². The molecule has 0 saturated carbocycles. The van der Waals surface area contributed by atoms with E-state index in [0.717, 1.165) is 32.6 Å². The van der Waals surface area contributed by atoms with Crippen molar-refractivity contribution < 1.29 is 9.59 Å². The lowest BCUT2D eigenvalue weighted by molar-refractivity contribution is -0.118. The minimum atomic E-state index is -0.0375. The third-order valence-electron chi connectivity index (χ3n) is 4.23. The standard InChI is InChI=1S/C18H28N4O2/c1-15-13-21(14-17-7-4-3-5-8-17)11-12-22(15)18(24)20-10-6-9-19-16(2)23/h3-5,7-8,15H,6,9-14H2,1-2H3,(H,19,23)(H,20,24)/t15-/m1/s1. The Morgan fingerprint density at radius 3 is 2.50 bits per heavy atom. The fourth-order valence-electron chi connectivity index (χ4n) is 2.97. The van der Waals surface area contributed by atoms with Crippen LogP contribution in [0.3, 0.4) is 0 Å². The number of hydrogen-bond acceptors (Lipinski definition) is 3. The molecule has 0 aliphatic carbocycles. The second-order valence-electron chi connectivity index (χ2n) is 6.33. The molecule has 6 nitrogen and oxygen atoms in total. The van der Waals surface area contributed by atoms with Crippen molar-refractivity contribution in [2.75, 3.05) is 32.7 Å². The lowest BCUT2D eigenvalue weighted by Gasteiger charge is -2.39. The molecule has 1 atom stereocenters. The number of rotatable bonds is 6. The van der Waals surface area contributed by atoms with Crippen molar-refractivity contribution in [3.63, 3.8) is 0 Å². The molecule has 6 heteroatoms. The van der Waals surface area contributed by atoms with Crippen LogP contribution in [0.25, 0.3) is 0 Å². The molecule has 2 N–H and O–H groups in total. The van der Waals surface area contributed by atoms with Crippen molar-refractivity contribution in [2.24, 2.45) is 0 Å². The topological polar surface area (TPSA) is 64.7 Å². The fraction of sp³-hybridized carbons (Fsp3) is 0.556. The first kappa shape index (κ1) is 18.3. The number of benzene rings is 1. The van der Waals surface area contributed by atoms with Gasteiger partial charge in [-0.25, -0.2) is 4.79 Å². The van der Waals surface area contributed by atoms with Gasteiger partial charge in [0.1, 0.15) is 0 Å². The number of amides is 3. The second kappa shape index (κ2) is 9.27. The van der Waals surface area contributed by atoms with E-state index in [1.54, 1.807) is 0 Å². The molecule has 0 bridgehead atoms. The number of carbonyl (C=O) groups excluding carboxylic acids is 2. The van der Waals surface area contributed by atoms with Crippen molar-refractivity contribution in [3.05, 3.63) is 35.9 Å². The highest BCUT2D eigenvalue weighted by Gasteiger charge is 2.27. The first-order valence-electron chi connectivity index (χ1n) is 8.61. The van der Waals surface area contributed by atoms with Gasteiger partial charge in [0.05, 0.1) is 0 Å². The Morgan fingerprint density at radius 2 is 1.83 bits per heavy atom. The molecule has 132 valence electrons. The number of hydrogen-bond donors (Lipinski definition) is 2. The predicted molar refractivity (Wildman–Crippen MR) is 94.6 cm³/mol.